The number of H-pyrrole nitrogens is 1. The molecule has 2 aromatic rings. The van der Waals surface area contributed by atoms with Crippen molar-refractivity contribution in [1.82, 2.24) is 9.97 Å². The van der Waals surface area contributed by atoms with Gasteiger partial charge in [-0.3, -0.25) is 0 Å². The number of aliphatic hydroxyl groups is 1. The minimum absolute atomic E-state index is 0.00119. The van der Waals surface area contributed by atoms with E-state index in [0.717, 1.165) is 29.7 Å². The van der Waals surface area contributed by atoms with Gasteiger partial charge >= 0.3 is 0 Å². The third-order valence-corrected chi connectivity index (χ3v) is 4.42. The average Bonchev–Trinajstić information content (AvgIpc) is 2.71. The van der Waals surface area contributed by atoms with Crippen molar-refractivity contribution in [3.8, 4) is 0 Å². The lowest BCUT2D eigenvalue weighted by molar-refractivity contribution is 0.120. The molecular formula is C16H22N2O. The minimum Gasteiger partial charge on any atom is -0.395 e. The van der Waals surface area contributed by atoms with Gasteiger partial charge in [0, 0.05) is 10.8 Å². The number of nitrogens with one attached hydrogen (secondary N) is 1. The summed E-state index contributed by atoms with van der Waals surface area (Å²) in [5.41, 5.74) is 3.38. The maximum Gasteiger partial charge on any atom is 0.112 e. The fourth-order valence-electron chi connectivity index (χ4n) is 2.84. The zero-order valence-corrected chi connectivity index (χ0v) is 12.0. The first-order valence-corrected chi connectivity index (χ1v) is 7.06. The molecule has 3 nitrogen and oxygen atoms in total. The minimum atomic E-state index is 0.00119. The smallest absolute Gasteiger partial charge is 0.112 e. The van der Waals surface area contributed by atoms with Crippen molar-refractivity contribution in [3.63, 3.8) is 0 Å². The Kier molecular flexibility index (Phi) is 2.72. The molecule has 19 heavy (non-hydrogen) atoms. The Morgan fingerprint density at radius 1 is 1.32 bits per heavy atom. The lowest BCUT2D eigenvalue weighted by Gasteiger charge is -2.40. The van der Waals surface area contributed by atoms with E-state index in [1.165, 1.54) is 12.0 Å². The normalized spacial score (nSPS) is 18.5. The highest BCUT2D eigenvalue weighted by atomic mass is 16.3. The predicted octanol–water partition coefficient (Wildman–Crippen LogP) is 3.27. The monoisotopic (exact) mass is 258 g/mol. The molecule has 102 valence electrons. The van der Waals surface area contributed by atoms with Crippen molar-refractivity contribution in [2.75, 3.05) is 6.61 Å². The van der Waals surface area contributed by atoms with Gasteiger partial charge in [-0.2, -0.15) is 0 Å². The Balaban J connectivity index is 2.06. The second-order valence-corrected chi connectivity index (χ2v) is 6.86. The molecule has 3 heteroatoms. The quantitative estimate of drug-likeness (QED) is 0.868. The van der Waals surface area contributed by atoms with Gasteiger partial charge in [0.05, 0.1) is 17.6 Å². The highest BCUT2D eigenvalue weighted by molar-refractivity contribution is 5.76. The molecule has 0 amide bonds. The van der Waals surface area contributed by atoms with Crippen molar-refractivity contribution >= 4 is 11.0 Å². The van der Waals surface area contributed by atoms with Crippen molar-refractivity contribution in [1.29, 1.82) is 0 Å². The van der Waals surface area contributed by atoms with Crippen LogP contribution >= 0.6 is 0 Å². The molecule has 1 aliphatic rings. The molecule has 0 saturated heterocycles. The molecule has 0 radical (unpaired) electrons. The first kappa shape index (κ1) is 12.7. The molecule has 0 aliphatic heterocycles. The highest BCUT2D eigenvalue weighted by Gasteiger charge is 2.38. The number of aromatic nitrogens is 2. The van der Waals surface area contributed by atoms with Crippen LogP contribution in [0.25, 0.3) is 11.0 Å². The average molecular weight is 258 g/mol. The standard InChI is InChI=1S/C16H22N2O/c1-15(2,3)14-17-12-6-5-11(9-13(12)18-14)16(10-19)7-4-8-16/h5-6,9,19H,4,7-8,10H2,1-3H3,(H,17,18). The van der Waals surface area contributed by atoms with Crippen LogP contribution in [0.1, 0.15) is 51.4 Å². The third-order valence-electron chi connectivity index (χ3n) is 4.42. The SMILES string of the molecule is CC(C)(C)c1nc2ccc(C3(CO)CCC3)cc2[nH]1. The molecular weight excluding hydrogens is 236 g/mol. The van der Waals surface area contributed by atoms with Crippen molar-refractivity contribution < 1.29 is 5.11 Å². The summed E-state index contributed by atoms with van der Waals surface area (Å²) in [5.74, 6) is 1.02. The van der Waals surface area contributed by atoms with Gasteiger partial charge in [0.25, 0.3) is 0 Å². The third kappa shape index (κ3) is 1.96. The summed E-state index contributed by atoms with van der Waals surface area (Å²) in [5, 5.41) is 9.67. The molecule has 1 fully saturated rings. The number of rotatable bonds is 2. The van der Waals surface area contributed by atoms with Gasteiger partial charge in [-0.1, -0.05) is 33.3 Å². The van der Waals surface area contributed by atoms with Crippen LogP contribution in [0.2, 0.25) is 0 Å². The van der Waals surface area contributed by atoms with Crippen LogP contribution in [-0.4, -0.2) is 21.7 Å². The Hall–Kier alpha value is -1.35. The van der Waals surface area contributed by atoms with Crippen molar-refractivity contribution in [2.24, 2.45) is 0 Å². The number of benzene rings is 1. The number of imidazole rings is 1. The van der Waals surface area contributed by atoms with Gasteiger partial charge in [0.1, 0.15) is 5.82 Å². The summed E-state index contributed by atoms with van der Waals surface area (Å²) in [6.07, 6.45) is 3.40. The van der Waals surface area contributed by atoms with E-state index in [1.54, 1.807) is 0 Å². The van der Waals surface area contributed by atoms with Crippen molar-refractivity contribution in [2.45, 2.75) is 50.9 Å². The van der Waals surface area contributed by atoms with Gasteiger partial charge < -0.3 is 10.1 Å². The van der Waals surface area contributed by atoms with Crippen LogP contribution in [-0.2, 0) is 10.8 Å². The maximum absolute atomic E-state index is 9.67. The van der Waals surface area contributed by atoms with Crippen molar-refractivity contribution in [3.05, 3.63) is 29.6 Å². The van der Waals surface area contributed by atoms with E-state index in [9.17, 15) is 5.11 Å². The molecule has 0 spiro atoms. The second kappa shape index (κ2) is 4.07. The zero-order chi connectivity index (χ0) is 13.7. The summed E-state index contributed by atoms with van der Waals surface area (Å²) >= 11 is 0. The Bertz CT molecular complexity index is 597. The van der Waals surface area contributed by atoms with E-state index in [0.29, 0.717) is 0 Å². The molecule has 1 heterocycles. The van der Waals surface area contributed by atoms with E-state index in [1.807, 2.05) is 0 Å². The summed E-state index contributed by atoms with van der Waals surface area (Å²) in [6.45, 7) is 6.73. The largest absolute Gasteiger partial charge is 0.395 e. The fourth-order valence-corrected chi connectivity index (χ4v) is 2.84. The van der Waals surface area contributed by atoms with E-state index in [-0.39, 0.29) is 17.4 Å². The number of aromatic amines is 1. The van der Waals surface area contributed by atoms with E-state index >= 15 is 0 Å². The highest BCUT2D eigenvalue weighted by Crippen LogP contribution is 2.43. The lowest BCUT2D eigenvalue weighted by atomic mass is 9.65. The molecule has 1 aliphatic carbocycles. The van der Waals surface area contributed by atoms with Crippen LogP contribution in [0.15, 0.2) is 18.2 Å². The van der Waals surface area contributed by atoms with E-state index < -0.39 is 0 Å². The summed E-state index contributed by atoms with van der Waals surface area (Å²) in [7, 11) is 0. The maximum atomic E-state index is 9.67. The number of nitrogens with zero attached hydrogens (tertiary/aromatic N) is 1. The second-order valence-electron chi connectivity index (χ2n) is 6.86. The van der Waals surface area contributed by atoms with Gasteiger partial charge in [-0.25, -0.2) is 4.98 Å². The molecule has 1 saturated carbocycles. The predicted molar refractivity (Wildman–Crippen MR) is 77.4 cm³/mol. The number of hydrogen-bond donors (Lipinski definition) is 2. The van der Waals surface area contributed by atoms with Gasteiger partial charge in [0.15, 0.2) is 0 Å². The summed E-state index contributed by atoms with van der Waals surface area (Å²) in [4.78, 5) is 8.09. The Morgan fingerprint density at radius 3 is 2.58 bits per heavy atom. The number of hydrogen-bond acceptors (Lipinski definition) is 2. The fraction of sp³-hybridized carbons (Fsp3) is 0.562. The first-order valence-electron chi connectivity index (χ1n) is 7.06. The molecule has 1 aromatic heterocycles. The van der Waals surface area contributed by atoms with E-state index in [4.69, 9.17) is 0 Å². The molecule has 0 bridgehead atoms. The summed E-state index contributed by atoms with van der Waals surface area (Å²) in [6, 6.07) is 6.38. The van der Waals surface area contributed by atoms with Crippen LogP contribution in [0.3, 0.4) is 0 Å². The van der Waals surface area contributed by atoms with Crippen LogP contribution < -0.4 is 0 Å². The lowest BCUT2D eigenvalue weighted by Crippen LogP contribution is -2.37. The van der Waals surface area contributed by atoms with Crippen LogP contribution in [0, 0.1) is 0 Å². The first-order chi connectivity index (χ1) is 8.94. The zero-order valence-electron chi connectivity index (χ0n) is 12.0. The molecule has 0 atom stereocenters. The van der Waals surface area contributed by atoms with E-state index in [2.05, 4.69) is 48.9 Å². The van der Waals surface area contributed by atoms with Gasteiger partial charge in [0.2, 0.25) is 0 Å². The van der Waals surface area contributed by atoms with Crippen LogP contribution in [0.4, 0.5) is 0 Å². The number of aliphatic hydroxyl groups excluding tert-OH is 1. The van der Waals surface area contributed by atoms with Gasteiger partial charge in [-0.05, 0) is 30.5 Å². The molecule has 1 aromatic carbocycles. The molecule has 0 unspecified atom stereocenters. The van der Waals surface area contributed by atoms with Gasteiger partial charge in [-0.15, -0.1) is 0 Å². The Labute approximate surface area is 114 Å². The van der Waals surface area contributed by atoms with Crippen LogP contribution in [0.5, 0.6) is 0 Å². The summed E-state index contributed by atoms with van der Waals surface area (Å²) < 4.78 is 0. The number of fused-ring (bicyclic) bond motifs is 1. The molecule has 2 N–H and O–H groups in total. The topological polar surface area (TPSA) is 48.9 Å². The Morgan fingerprint density at radius 2 is 2.05 bits per heavy atom. The molecule has 3 rings (SSSR count).